The lowest BCUT2D eigenvalue weighted by Crippen LogP contribution is -2.22. The van der Waals surface area contributed by atoms with Gasteiger partial charge in [0.2, 0.25) is 0 Å². The summed E-state index contributed by atoms with van der Waals surface area (Å²) >= 11 is 0. The zero-order valence-electron chi connectivity index (χ0n) is 14.2. The average molecular weight is 350 g/mol. The minimum atomic E-state index is -0.325. The summed E-state index contributed by atoms with van der Waals surface area (Å²) in [4.78, 5) is 24.2. The number of ether oxygens (including phenoxy) is 1. The molecule has 0 spiro atoms. The maximum atomic E-state index is 12.2. The van der Waals surface area contributed by atoms with Crippen molar-refractivity contribution < 1.29 is 18.7 Å². The van der Waals surface area contributed by atoms with E-state index in [1.807, 2.05) is 12.1 Å². The van der Waals surface area contributed by atoms with E-state index in [2.05, 4.69) is 10.6 Å². The number of nitrogens with one attached hydrogen (secondary N) is 2. The van der Waals surface area contributed by atoms with Gasteiger partial charge in [-0.1, -0.05) is 12.1 Å². The molecular weight excluding hydrogens is 332 g/mol. The molecule has 6 heteroatoms. The maximum absolute atomic E-state index is 12.2. The third-order valence-electron chi connectivity index (χ3n) is 3.74. The van der Waals surface area contributed by atoms with Crippen LogP contribution >= 0.6 is 0 Å². The molecule has 6 nitrogen and oxygen atoms in total. The third-order valence-corrected chi connectivity index (χ3v) is 3.74. The number of amides is 2. The van der Waals surface area contributed by atoms with Crippen molar-refractivity contribution >= 4 is 17.5 Å². The molecule has 26 heavy (non-hydrogen) atoms. The minimum absolute atomic E-state index is 0.183. The van der Waals surface area contributed by atoms with Crippen LogP contribution in [0.25, 0.3) is 0 Å². The van der Waals surface area contributed by atoms with Gasteiger partial charge in [0.15, 0.2) is 5.76 Å². The van der Waals surface area contributed by atoms with E-state index >= 15 is 0 Å². The first-order valence-corrected chi connectivity index (χ1v) is 8.02. The Morgan fingerprint density at radius 3 is 2.50 bits per heavy atom. The smallest absolute Gasteiger partial charge is 0.291 e. The zero-order valence-corrected chi connectivity index (χ0v) is 14.2. The highest BCUT2D eigenvalue weighted by Crippen LogP contribution is 2.14. The Balaban J connectivity index is 1.59. The lowest BCUT2D eigenvalue weighted by atomic mass is 10.1. The first kappa shape index (κ1) is 17.3. The van der Waals surface area contributed by atoms with Crippen LogP contribution in [0.3, 0.4) is 0 Å². The van der Waals surface area contributed by atoms with Gasteiger partial charge >= 0.3 is 0 Å². The predicted octanol–water partition coefficient (Wildman–Crippen LogP) is 3.47. The molecule has 0 atom stereocenters. The molecule has 0 bridgehead atoms. The van der Waals surface area contributed by atoms with Gasteiger partial charge in [0, 0.05) is 17.8 Å². The Kier molecular flexibility index (Phi) is 5.34. The van der Waals surface area contributed by atoms with E-state index in [0.29, 0.717) is 23.5 Å². The van der Waals surface area contributed by atoms with E-state index in [1.54, 1.807) is 55.6 Å². The largest absolute Gasteiger partial charge is 0.497 e. The first-order valence-electron chi connectivity index (χ1n) is 8.02. The van der Waals surface area contributed by atoms with E-state index in [1.165, 1.54) is 6.26 Å². The molecular formula is C20H18N2O4. The Morgan fingerprint density at radius 2 is 1.81 bits per heavy atom. The normalized spacial score (nSPS) is 10.2. The third kappa shape index (κ3) is 4.30. The van der Waals surface area contributed by atoms with E-state index < -0.39 is 0 Å². The van der Waals surface area contributed by atoms with Crippen molar-refractivity contribution in [2.45, 2.75) is 6.54 Å². The van der Waals surface area contributed by atoms with E-state index in [9.17, 15) is 9.59 Å². The van der Waals surface area contributed by atoms with Gasteiger partial charge in [0.05, 0.1) is 13.4 Å². The van der Waals surface area contributed by atoms with Crippen LogP contribution < -0.4 is 15.4 Å². The second-order valence-electron chi connectivity index (χ2n) is 5.54. The molecule has 0 saturated carbocycles. The molecule has 0 saturated heterocycles. The van der Waals surface area contributed by atoms with Gasteiger partial charge in [-0.25, -0.2) is 0 Å². The van der Waals surface area contributed by atoms with E-state index in [-0.39, 0.29) is 17.6 Å². The second kappa shape index (κ2) is 8.02. The van der Waals surface area contributed by atoms with Crippen molar-refractivity contribution in [1.82, 2.24) is 5.32 Å². The van der Waals surface area contributed by atoms with Crippen LogP contribution in [0.5, 0.6) is 5.75 Å². The maximum Gasteiger partial charge on any atom is 0.291 e. The number of carbonyl (C=O) groups excluding carboxylic acids is 2. The molecule has 3 aromatic rings. The number of rotatable bonds is 6. The summed E-state index contributed by atoms with van der Waals surface area (Å²) in [5.74, 6) is 0.428. The minimum Gasteiger partial charge on any atom is -0.497 e. The van der Waals surface area contributed by atoms with Crippen molar-refractivity contribution in [2.75, 3.05) is 12.4 Å². The fourth-order valence-corrected chi connectivity index (χ4v) is 2.39. The molecule has 0 unspecified atom stereocenters. The van der Waals surface area contributed by atoms with Gasteiger partial charge in [-0.3, -0.25) is 9.59 Å². The molecule has 2 N–H and O–H groups in total. The molecule has 2 amide bonds. The molecule has 0 radical (unpaired) electrons. The quantitative estimate of drug-likeness (QED) is 0.713. The molecule has 1 aromatic heterocycles. The summed E-state index contributed by atoms with van der Waals surface area (Å²) < 4.78 is 10.1. The summed E-state index contributed by atoms with van der Waals surface area (Å²) in [6.45, 7) is 0.343. The van der Waals surface area contributed by atoms with Gasteiger partial charge in [0.1, 0.15) is 5.75 Å². The van der Waals surface area contributed by atoms with Gasteiger partial charge in [-0.05, 0) is 54.1 Å². The van der Waals surface area contributed by atoms with Crippen LogP contribution in [0.1, 0.15) is 26.5 Å². The lowest BCUT2D eigenvalue weighted by molar-refractivity contribution is 0.0949. The standard InChI is InChI=1S/C20H18N2O4/c1-25-17-9-7-15(8-10-17)19(23)21-13-14-4-2-5-16(12-14)22-20(24)18-6-3-11-26-18/h2-12H,13H2,1H3,(H,21,23)(H,22,24). The number of benzene rings is 2. The van der Waals surface area contributed by atoms with Crippen LogP contribution in [0.4, 0.5) is 5.69 Å². The van der Waals surface area contributed by atoms with Crippen LogP contribution in [0.2, 0.25) is 0 Å². The number of hydrogen-bond acceptors (Lipinski definition) is 4. The Hall–Kier alpha value is -3.54. The van der Waals surface area contributed by atoms with Crippen LogP contribution in [0.15, 0.2) is 71.3 Å². The average Bonchev–Trinajstić information content (AvgIpc) is 3.21. The van der Waals surface area contributed by atoms with Crippen LogP contribution in [0, 0.1) is 0 Å². The summed E-state index contributed by atoms with van der Waals surface area (Å²) in [5.41, 5.74) is 2.04. The molecule has 2 aromatic carbocycles. The second-order valence-corrected chi connectivity index (χ2v) is 5.54. The molecule has 132 valence electrons. The van der Waals surface area contributed by atoms with E-state index in [0.717, 1.165) is 5.56 Å². The summed E-state index contributed by atoms with van der Waals surface area (Å²) in [5, 5.41) is 5.61. The zero-order chi connectivity index (χ0) is 18.4. The van der Waals surface area contributed by atoms with Crippen LogP contribution in [-0.4, -0.2) is 18.9 Å². The van der Waals surface area contributed by atoms with Crippen molar-refractivity contribution in [3.05, 3.63) is 83.8 Å². The summed E-state index contributed by atoms with van der Waals surface area (Å²) in [7, 11) is 1.58. The summed E-state index contributed by atoms with van der Waals surface area (Å²) in [6, 6.07) is 17.4. The summed E-state index contributed by atoms with van der Waals surface area (Å²) in [6.07, 6.45) is 1.44. The fraction of sp³-hybridized carbons (Fsp3) is 0.100. The van der Waals surface area contributed by atoms with Crippen LogP contribution in [-0.2, 0) is 6.54 Å². The van der Waals surface area contributed by atoms with Crippen molar-refractivity contribution in [1.29, 1.82) is 0 Å². The number of carbonyl (C=O) groups is 2. The highest BCUT2D eigenvalue weighted by molar-refractivity contribution is 6.02. The SMILES string of the molecule is COc1ccc(C(=O)NCc2cccc(NC(=O)c3ccco3)c2)cc1. The fourth-order valence-electron chi connectivity index (χ4n) is 2.39. The van der Waals surface area contributed by atoms with E-state index in [4.69, 9.17) is 9.15 Å². The number of methoxy groups -OCH3 is 1. The van der Waals surface area contributed by atoms with Crippen molar-refractivity contribution in [2.24, 2.45) is 0 Å². The molecule has 0 aliphatic carbocycles. The number of furan rings is 1. The highest BCUT2D eigenvalue weighted by atomic mass is 16.5. The lowest BCUT2D eigenvalue weighted by Gasteiger charge is -2.08. The van der Waals surface area contributed by atoms with Gasteiger partial charge < -0.3 is 19.8 Å². The molecule has 3 rings (SSSR count). The van der Waals surface area contributed by atoms with Gasteiger partial charge in [-0.2, -0.15) is 0 Å². The molecule has 1 heterocycles. The molecule has 0 fully saturated rings. The van der Waals surface area contributed by atoms with Crippen molar-refractivity contribution in [3.63, 3.8) is 0 Å². The molecule has 0 aliphatic rings. The van der Waals surface area contributed by atoms with Crippen molar-refractivity contribution in [3.8, 4) is 5.75 Å². The van der Waals surface area contributed by atoms with Gasteiger partial charge in [0.25, 0.3) is 11.8 Å². The first-order chi connectivity index (χ1) is 12.7. The highest BCUT2D eigenvalue weighted by Gasteiger charge is 2.09. The predicted molar refractivity (Wildman–Crippen MR) is 97.3 cm³/mol. The number of anilines is 1. The molecule has 0 aliphatic heterocycles. The Bertz CT molecular complexity index is 886. The van der Waals surface area contributed by atoms with Gasteiger partial charge in [-0.15, -0.1) is 0 Å². The Labute approximate surface area is 150 Å². The monoisotopic (exact) mass is 350 g/mol. The number of hydrogen-bond donors (Lipinski definition) is 2. The topological polar surface area (TPSA) is 80.6 Å². The Morgan fingerprint density at radius 1 is 1.00 bits per heavy atom.